The van der Waals surface area contributed by atoms with E-state index in [2.05, 4.69) is 4.98 Å². The van der Waals surface area contributed by atoms with Crippen molar-refractivity contribution in [3.05, 3.63) is 77.6 Å². The van der Waals surface area contributed by atoms with Gasteiger partial charge in [-0.15, -0.1) is 0 Å². The van der Waals surface area contributed by atoms with Crippen molar-refractivity contribution in [3.8, 4) is 0 Å². The van der Waals surface area contributed by atoms with Crippen molar-refractivity contribution in [1.82, 2.24) is 4.98 Å². The van der Waals surface area contributed by atoms with Crippen molar-refractivity contribution in [2.45, 2.75) is 6.18 Å². The third-order valence-corrected chi connectivity index (χ3v) is 3.36. The van der Waals surface area contributed by atoms with E-state index in [0.717, 1.165) is 17.5 Å². The van der Waals surface area contributed by atoms with Gasteiger partial charge in [0.15, 0.2) is 5.78 Å². The summed E-state index contributed by atoms with van der Waals surface area (Å²) in [5.41, 5.74) is -0.558. The molecule has 2 aromatic carbocycles. The topological polar surface area (TPSA) is 30.0 Å². The molecule has 0 N–H and O–H groups in total. The standard InChI is InChI=1S/C17H10F3NO/c18-17(19,20)13-6-3-5-11(8-13)16(22)15-10-21-9-12-4-1-2-7-14(12)15/h1-10H. The zero-order chi connectivity index (χ0) is 15.7. The summed E-state index contributed by atoms with van der Waals surface area (Å²) in [4.78, 5) is 16.5. The second-order valence-corrected chi connectivity index (χ2v) is 4.82. The molecule has 5 heteroatoms. The maximum absolute atomic E-state index is 12.8. The highest BCUT2D eigenvalue weighted by Gasteiger charge is 2.31. The fourth-order valence-corrected chi connectivity index (χ4v) is 2.29. The zero-order valence-electron chi connectivity index (χ0n) is 11.3. The molecule has 0 spiro atoms. The van der Waals surface area contributed by atoms with Gasteiger partial charge in [0.1, 0.15) is 0 Å². The molecule has 0 atom stereocenters. The first-order valence-electron chi connectivity index (χ1n) is 6.51. The summed E-state index contributed by atoms with van der Waals surface area (Å²) < 4.78 is 38.3. The first-order valence-corrected chi connectivity index (χ1v) is 6.51. The van der Waals surface area contributed by atoms with Crippen LogP contribution < -0.4 is 0 Å². The number of benzene rings is 2. The minimum absolute atomic E-state index is 0.00650. The summed E-state index contributed by atoms with van der Waals surface area (Å²) in [5.74, 6) is -0.476. The fourth-order valence-electron chi connectivity index (χ4n) is 2.29. The third kappa shape index (κ3) is 2.57. The highest BCUT2D eigenvalue weighted by atomic mass is 19.4. The predicted octanol–water partition coefficient (Wildman–Crippen LogP) is 4.48. The minimum atomic E-state index is -4.48. The SMILES string of the molecule is O=C(c1cccc(C(F)(F)F)c1)c1cncc2ccccc12. The zero-order valence-corrected chi connectivity index (χ0v) is 11.3. The van der Waals surface area contributed by atoms with E-state index >= 15 is 0 Å². The Hall–Kier alpha value is -2.69. The van der Waals surface area contributed by atoms with Crippen LogP contribution in [-0.4, -0.2) is 10.8 Å². The van der Waals surface area contributed by atoms with Crippen molar-refractivity contribution in [2.75, 3.05) is 0 Å². The third-order valence-electron chi connectivity index (χ3n) is 3.36. The van der Waals surface area contributed by atoms with Crippen molar-refractivity contribution >= 4 is 16.6 Å². The van der Waals surface area contributed by atoms with Crippen LogP contribution >= 0.6 is 0 Å². The molecular weight excluding hydrogens is 291 g/mol. The van der Waals surface area contributed by atoms with Gasteiger partial charge in [0, 0.05) is 28.9 Å². The van der Waals surface area contributed by atoms with E-state index in [9.17, 15) is 18.0 Å². The molecule has 0 saturated heterocycles. The molecule has 1 heterocycles. The lowest BCUT2D eigenvalue weighted by Crippen LogP contribution is -2.08. The number of carbonyl (C=O) groups is 1. The van der Waals surface area contributed by atoms with Crippen LogP contribution in [0.25, 0.3) is 10.8 Å². The van der Waals surface area contributed by atoms with Crippen molar-refractivity contribution in [2.24, 2.45) is 0 Å². The maximum atomic E-state index is 12.8. The maximum Gasteiger partial charge on any atom is 0.416 e. The van der Waals surface area contributed by atoms with Gasteiger partial charge in [0.2, 0.25) is 0 Å². The molecule has 0 saturated carbocycles. The van der Waals surface area contributed by atoms with Crippen molar-refractivity contribution in [3.63, 3.8) is 0 Å². The molecule has 110 valence electrons. The Balaban J connectivity index is 2.11. The predicted molar refractivity (Wildman–Crippen MR) is 76.6 cm³/mol. The molecule has 0 aliphatic rings. The average molecular weight is 301 g/mol. The molecule has 2 nitrogen and oxygen atoms in total. The number of carbonyl (C=O) groups excluding carboxylic acids is 1. The van der Waals surface area contributed by atoms with E-state index in [0.29, 0.717) is 5.39 Å². The number of pyridine rings is 1. The Morgan fingerprint density at radius 2 is 1.73 bits per heavy atom. The van der Waals surface area contributed by atoms with Gasteiger partial charge in [-0.05, 0) is 17.5 Å². The minimum Gasteiger partial charge on any atom is -0.289 e. The first-order chi connectivity index (χ1) is 10.5. The largest absolute Gasteiger partial charge is 0.416 e. The van der Waals surface area contributed by atoms with E-state index in [1.54, 1.807) is 24.4 Å². The number of nitrogens with zero attached hydrogens (tertiary/aromatic N) is 1. The Bertz CT molecular complexity index is 850. The van der Waals surface area contributed by atoms with E-state index in [-0.39, 0.29) is 11.1 Å². The van der Waals surface area contributed by atoms with Crippen LogP contribution in [0.1, 0.15) is 21.5 Å². The van der Waals surface area contributed by atoms with Gasteiger partial charge >= 0.3 is 6.18 Å². The second-order valence-electron chi connectivity index (χ2n) is 4.82. The quantitative estimate of drug-likeness (QED) is 0.653. The van der Waals surface area contributed by atoms with Crippen molar-refractivity contribution in [1.29, 1.82) is 0 Å². The fraction of sp³-hybridized carbons (Fsp3) is 0.0588. The highest BCUT2D eigenvalue weighted by molar-refractivity contribution is 6.16. The first kappa shape index (κ1) is 14.3. The Morgan fingerprint density at radius 3 is 2.50 bits per heavy atom. The Kier molecular flexibility index (Phi) is 3.41. The molecule has 1 aromatic heterocycles. The lowest BCUT2D eigenvalue weighted by atomic mass is 9.98. The second kappa shape index (κ2) is 5.26. The Morgan fingerprint density at radius 1 is 0.955 bits per heavy atom. The lowest BCUT2D eigenvalue weighted by Gasteiger charge is -2.09. The highest BCUT2D eigenvalue weighted by Crippen LogP contribution is 2.30. The van der Waals surface area contributed by atoms with Gasteiger partial charge in [0.05, 0.1) is 5.56 Å². The molecule has 3 aromatic rings. The van der Waals surface area contributed by atoms with Gasteiger partial charge in [0.25, 0.3) is 0 Å². The Labute approximate surface area is 124 Å². The normalized spacial score (nSPS) is 11.6. The molecule has 0 fully saturated rings. The van der Waals surface area contributed by atoms with E-state index in [1.165, 1.54) is 18.3 Å². The molecule has 0 unspecified atom stereocenters. The molecule has 0 bridgehead atoms. The van der Waals surface area contributed by atoms with Crippen molar-refractivity contribution < 1.29 is 18.0 Å². The lowest BCUT2D eigenvalue weighted by molar-refractivity contribution is -0.137. The van der Waals surface area contributed by atoms with Gasteiger partial charge in [-0.25, -0.2) is 0 Å². The summed E-state index contributed by atoms with van der Waals surface area (Å²) in [5, 5.41) is 1.43. The summed E-state index contributed by atoms with van der Waals surface area (Å²) in [6.07, 6.45) is -1.49. The van der Waals surface area contributed by atoms with Crippen LogP contribution in [0.4, 0.5) is 13.2 Å². The van der Waals surface area contributed by atoms with Crippen LogP contribution in [0.3, 0.4) is 0 Å². The summed E-state index contributed by atoms with van der Waals surface area (Å²) >= 11 is 0. The number of fused-ring (bicyclic) bond motifs is 1. The van der Waals surface area contributed by atoms with Gasteiger partial charge in [-0.3, -0.25) is 9.78 Å². The number of halogens is 3. The molecule has 0 aliphatic carbocycles. The van der Waals surface area contributed by atoms with Crippen LogP contribution in [-0.2, 0) is 6.18 Å². The molecule has 0 radical (unpaired) electrons. The number of rotatable bonds is 2. The van der Waals surface area contributed by atoms with E-state index in [4.69, 9.17) is 0 Å². The van der Waals surface area contributed by atoms with E-state index in [1.807, 2.05) is 6.07 Å². The van der Waals surface area contributed by atoms with Gasteiger partial charge in [-0.1, -0.05) is 36.4 Å². The van der Waals surface area contributed by atoms with Crippen LogP contribution in [0.5, 0.6) is 0 Å². The number of hydrogen-bond donors (Lipinski definition) is 0. The number of ketones is 1. The van der Waals surface area contributed by atoms with Crippen LogP contribution in [0.15, 0.2) is 60.9 Å². The summed E-state index contributed by atoms with van der Waals surface area (Å²) in [6, 6.07) is 11.5. The summed E-state index contributed by atoms with van der Waals surface area (Å²) in [6.45, 7) is 0. The number of alkyl halides is 3. The number of aromatic nitrogens is 1. The molecule has 3 rings (SSSR count). The smallest absolute Gasteiger partial charge is 0.289 e. The van der Waals surface area contributed by atoms with Gasteiger partial charge in [-0.2, -0.15) is 13.2 Å². The molecule has 0 amide bonds. The van der Waals surface area contributed by atoms with E-state index < -0.39 is 17.5 Å². The molecular formula is C17H10F3NO. The number of hydrogen-bond acceptors (Lipinski definition) is 2. The molecule has 0 aliphatic heterocycles. The van der Waals surface area contributed by atoms with Gasteiger partial charge < -0.3 is 0 Å². The monoisotopic (exact) mass is 301 g/mol. The molecule has 22 heavy (non-hydrogen) atoms. The van der Waals surface area contributed by atoms with Crippen LogP contribution in [0.2, 0.25) is 0 Å². The summed E-state index contributed by atoms with van der Waals surface area (Å²) in [7, 11) is 0. The van der Waals surface area contributed by atoms with Crippen LogP contribution in [0, 0.1) is 0 Å². The average Bonchev–Trinajstić information content (AvgIpc) is 2.53.